The smallest absolute Gasteiger partial charge is 0.238 e. The predicted molar refractivity (Wildman–Crippen MR) is 114 cm³/mol. The highest BCUT2D eigenvalue weighted by Gasteiger charge is 2.47. The van der Waals surface area contributed by atoms with Gasteiger partial charge in [0.15, 0.2) is 0 Å². The van der Waals surface area contributed by atoms with E-state index in [0.29, 0.717) is 18.8 Å². The minimum absolute atomic E-state index is 0.0855. The molecule has 1 amide bonds. The van der Waals surface area contributed by atoms with E-state index in [-0.39, 0.29) is 30.0 Å². The lowest BCUT2D eigenvalue weighted by Gasteiger charge is -2.44. The van der Waals surface area contributed by atoms with E-state index in [0.717, 1.165) is 43.5 Å². The predicted octanol–water partition coefficient (Wildman–Crippen LogP) is 3.91. The van der Waals surface area contributed by atoms with E-state index in [9.17, 15) is 9.18 Å². The summed E-state index contributed by atoms with van der Waals surface area (Å²) in [4.78, 5) is 14.7. The van der Waals surface area contributed by atoms with E-state index in [4.69, 9.17) is 9.47 Å². The Kier molecular flexibility index (Phi) is 6.46. The average Bonchev–Trinajstić information content (AvgIpc) is 3.21. The number of piperidine rings is 1. The number of halogens is 1. The van der Waals surface area contributed by atoms with Crippen molar-refractivity contribution in [2.75, 3.05) is 31.6 Å². The van der Waals surface area contributed by atoms with E-state index in [1.165, 1.54) is 12.1 Å². The van der Waals surface area contributed by atoms with Gasteiger partial charge in [0.1, 0.15) is 5.82 Å². The number of ether oxygens (including phenoxy) is 2. The van der Waals surface area contributed by atoms with Gasteiger partial charge in [-0.05, 0) is 49.4 Å². The van der Waals surface area contributed by atoms with Gasteiger partial charge in [-0.15, -0.1) is 0 Å². The van der Waals surface area contributed by atoms with E-state index in [1.807, 2.05) is 25.1 Å². The standard InChI is InChI=1S/C24H29FN2O3/c1-18-8-9-20(25)14-21(18)26-23(28)16-27-12-11-24(10-5-13-30-24)22(15-27)29-17-19-6-3-2-4-7-19/h2-4,6-9,14,22H,5,10-13,15-17H2,1H3,(H,26,28)/t22-,24+/m0/s1. The monoisotopic (exact) mass is 412 g/mol. The number of likely N-dealkylation sites (tertiary alicyclic amines) is 1. The van der Waals surface area contributed by atoms with Crippen LogP contribution in [0, 0.1) is 12.7 Å². The van der Waals surface area contributed by atoms with Crippen LogP contribution in [0.3, 0.4) is 0 Å². The van der Waals surface area contributed by atoms with Gasteiger partial charge in [-0.3, -0.25) is 9.69 Å². The van der Waals surface area contributed by atoms with Crippen molar-refractivity contribution in [2.45, 2.75) is 44.5 Å². The summed E-state index contributed by atoms with van der Waals surface area (Å²) in [5.74, 6) is -0.502. The molecule has 2 aromatic rings. The van der Waals surface area contributed by atoms with Gasteiger partial charge in [0.25, 0.3) is 0 Å². The van der Waals surface area contributed by atoms with Crippen molar-refractivity contribution in [3.8, 4) is 0 Å². The summed E-state index contributed by atoms with van der Waals surface area (Å²) >= 11 is 0. The van der Waals surface area contributed by atoms with Crippen LogP contribution in [0.1, 0.15) is 30.4 Å². The number of nitrogens with one attached hydrogen (secondary N) is 1. The fraction of sp³-hybridized carbons (Fsp3) is 0.458. The molecule has 1 N–H and O–H groups in total. The second kappa shape index (κ2) is 9.25. The molecular weight excluding hydrogens is 383 g/mol. The van der Waals surface area contributed by atoms with Gasteiger partial charge in [-0.2, -0.15) is 0 Å². The molecule has 4 rings (SSSR count). The first kappa shape index (κ1) is 21.0. The number of rotatable bonds is 6. The number of anilines is 1. The fourth-order valence-corrected chi connectivity index (χ4v) is 4.41. The van der Waals surface area contributed by atoms with Crippen molar-refractivity contribution in [2.24, 2.45) is 0 Å². The first-order valence-electron chi connectivity index (χ1n) is 10.6. The van der Waals surface area contributed by atoms with Crippen LogP contribution < -0.4 is 5.32 Å². The molecule has 1 spiro atoms. The summed E-state index contributed by atoms with van der Waals surface area (Å²) in [5.41, 5.74) is 2.23. The Balaban J connectivity index is 1.38. The Morgan fingerprint density at radius 3 is 2.87 bits per heavy atom. The SMILES string of the molecule is Cc1ccc(F)cc1NC(=O)CN1CC[C@]2(CCCO2)[C@@H](OCc2ccccc2)C1. The Morgan fingerprint density at radius 1 is 1.27 bits per heavy atom. The molecule has 2 aromatic carbocycles. The zero-order valence-electron chi connectivity index (χ0n) is 17.4. The van der Waals surface area contributed by atoms with Crippen LogP contribution in [0.4, 0.5) is 10.1 Å². The maximum Gasteiger partial charge on any atom is 0.238 e. The van der Waals surface area contributed by atoms with E-state index >= 15 is 0 Å². The highest BCUT2D eigenvalue weighted by molar-refractivity contribution is 5.92. The summed E-state index contributed by atoms with van der Waals surface area (Å²) < 4.78 is 26.0. The molecule has 2 aliphatic rings. The molecule has 2 heterocycles. The zero-order chi connectivity index (χ0) is 21.0. The van der Waals surface area contributed by atoms with Gasteiger partial charge in [-0.1, -0.05) is 36.4 Å². The van der Waals surface area contributed by atoms with Gasteiger partial charge in [-0.25, -0.2) is 4.39 Å². The molecular formula is C24H29FN2O3. The van der Waals surface area contributed by atoms with Crippen molar-refractivity contribution in [1.29, 1.82) is 0 Å². The number of amides is 1. The van der Waals surface area contributed by atoms with Gasteiger partial charge >= 0.3 is 0 Å². The third-order valence-corrected chi connectivity index (χ3v) is 6.13. The minimum Gasteiger partial charge on any atom is -0.372 e. The maximum atomic E-state index is 13.5. The summed E-state index contributed by atoms with van der Waals surface area (Å²) in [5, 5.41) is 2.84. The quantitative estimate of drug-likeness (QED) is 0.782. The van der Waals surface area contributed by atoms with Crippen LogP contribution in [0.15, 0.2) is 48.5 Å². The topological polar surface area (TPSA) is 50.8 Å². The highest BCUT2D eigenvalue weighted by Crippen LogP contribution is 2.38. The second-order valence-electron chi connectivity index (χ2n) is 8.29. The van der Waals surface area contributed by atoms with E-state index in [1.54, 1.807) is 6.07 Å². The Bertz CT molecular complexity index is 868. The number of nitrogens with zero attached hydrogens (tertiary/aromatic N) is 1. The third-order valence-electron chi connectivity index (χ3n) is 6.13. The van der Waals surface area contributed by atoms with E-state index in [2.05, 4.69) is 22.3 Å². The summed E-state index contributed by atoms with van der Waals surface area (Å²) in [6.45, 7) is 4.81. The molecule has 2 saturated heterocycles. The minimum atomic E-state index is -0.358. The first-order chi connectivity index (χ1) is 14.5. The molecule has 2 atom stereocenters. The van der Waals surface area contributed by atoms with Crippen LogP contribution >= 0.6 is 0 Å². The van der Waals surface area contributed by atoms with Crippen molar-refractivity contribution >= 4 is 11.6 Å². The fourth-order valence-electron chi connectivity index (χ4n) is 4.41. The zero-order valence-corrected chi connectivity index (χ0v) is 17.4. The van der Waals surface area contributed by atoms with Gasteiger partial charge in [0, 0.05) is 25.4 Å². The number of benzene rings is 2. The molecule has 0 aromatic heterocycles. The lowest BCUT2D eigenvalue weighted by molar-refractivity contribution is -0.159. The van der Waals surface area contributed by atoms with Crippen LogP contribution in [-0.2, 0) is 20.9 Å². The molecule has 30 heavy (non-hydrogen) atoms. The van der Waals surface area contributed by atoms with Crippen molar-refractivity contribution < 1.29 is 18.7 Å². The molecule has 2 aliphatic heterocycles. The second-order valence-corrected chi connectivity index (χ2v) is 8.29. The summed E-state index contributed by atoms with van der Waals surface area (Å²) in [6.07, 6.45) is 2.80. The molecule has 0 saturated carbocycles. The average molecular weight is 413 g/mol. The van der Waals surface area contributed by atoms with Gasteiger partial charge < -0.3 is 14.8 Å². The lowest BCUT2D eigenvalue weighted by atomic mass is 9.85. The lowest BCUT2D eigenvalue weighted by Crippen LogP contribution is -2.57. The maximum absolute atomic E-state index is 13.5. The van der Waals surface area contributed by atoms with Crippen LogP contribution in [0.25, 0.3) is 0 Å². The molecule has 5 nitrogen and oxygen atoms in total. The third kappa shape index (κ3) is 4.89. The number of hydrogen-bond acceptors (Lipinski definition) is 4. The molecule has 6 heteroatoms. The summed E-state index contributed by atoms with van der Waals surface area (Å²) in [6, 6.07) is 14.5. The van der Waals surface area contributed by atoms with Gasteiger partial charge in [0.2, 0.25) is 5.91 Å². The number of hydrogen-bond donors (Lipinski definition) is 1. The van der Waals surface area contributed by atoms with Crippen molar-refractivity contribution in [3.63, 3.8) is 0 Å². The molecule has 0 bridgehead atoms. The van der Waals surface area contributed by atoms with Crippen LogP contribution in [-0.4, -0.2) is 48.8 Å². The number of carbonyl (C=O) groups is 1. The molecule has 0 aliphatic carbocycles. The first-order valence-corrected chi connectivity index (χ1v) is 10.6. The molecule has 0 unspecified atom stereocenters. The number of carbonyl (C=O) groups excluding carboxylic acids is 1. The normalized spacial score (nSPS) is 24.3. The summed E-state index contributed by atoms with van der Waals surface area (Å²) in [7, 11) is 0. The number of aryl methyl sites for hydroxylation is 1. The van der Waals surface area contributed by atoms with Crippen molar-refractivity contribution in [1.82, 2.24) is 4.90 Å². The molecule has 0 radical (unpaired) electrons. The molecule has 2 fully saturated rings. The van der Waals surface area contributed by atoms with Crippen LogP contribution in [0.5, 0.6) is 0 Å². The van der Waals surface area contributed by atoms with Gasteiger partial charge in [0.05, 0.1) is 24.9 Å². The van der Waals surface area contributed by atoms with Crippen LogP contribution in [0.2, 0.25) is 0 Å². The van der Waals surface area contributed by atoms with E-state index < -0.39 is 0 Å². The Morgan fingerprint density at radius 2 is 2.10 bits per heavy atom. The Labute approximate surface area is 177 Å². The Hall–Kier alpha value is -2.28. The molecule has 160 valence electrons. The largest absolute Gasteiger partial charge is 0.372 e. The highest BCUT2D eigenvalue weighted by atomic mass is 19.1. The van der Waals surface area contributed by atoms with Crippen molar-refractivity contribution in [3.05, 3.63) is 65.5 Å².